The van der Waals surface area contributed by atoms with Gasteiger partial charge in [-0.15, -0.1) is 0 Å². The molecule has 0 heterocycles. The predicted octanol–water partition coefficient (Wildman–Crippen LogP) is 3.28. The first kappa shape index (κ1) is 13.0. The van der Waals surface area contributed by atoms with E-state index in [1.54, 1.807) is 49.6 Å². The summed E-state index contributed by atoms with van der Waals surface area (Å²) in [6.07, 6.45) is 5.18. The summed E-state index contributed by atoms with van der Waals surface area (Å²) < 4.78 is 4.72. The number of phenolic OH excluding ortho intramolecular Hbond substituents is 1. The molecule has 0 fully saturated rings. The lowest BCUT2D eigenvalue weighted by atomic mass is 10.3. The molecule has 80 valence electrons. The molecule has 1 aromatic rings. The van der Waals surface area contributed by atoms with Gasteiger partial charge < -0.3 is 9.84 Å². The molecule has 0 aliphatic carbocycles. The molecule has 0 amide bonds. The van der Waals surface area contributed by atoms with Gasteiger partial charge in [-0.2, -0.15) is 0 Å². The second-order valence-electron chi connectivity index (χ2n) is 2.60. The van der Waals surface area contributed by atoms with E-state index in [9.17, 15) is 0 Å². The molecule has 0 bridgehead atoms. The Morgan fingerprint density at radius 2 is 1.93 bits per heavy atom. The molecular weight excluding hydrogens is 188 g/mol. The Labute approximate surface area is 90.8 Å². The third-order valence-electron chi connectivity index (χ3n) is 1.44. The van der Waals surface area contributed by atoms with Gasteiger partial charge in [0.05, 0.1) is 7.11 Å². The van der Waals surface area contributed by atoms with Crippen molar-refractivity contribution < 1.29 is 9.84 Å². The number of hydrogen-bond acceptors (Lipinski definition) is 2. The highest BCUT2D eigenvalue weighted by molar-refractivity contribution is 5.18. The number of rotatable bonds is 3. The Morgan fingerprint density at radius 1 is 1.33 bits per heavy atom. The maximum atomic E-state index is 8.63. The minimum absolute atomic E-state index is 0.322. The normalized spacial score (nSPS) is 8.87. The molecule has 0 aliphatic heterocycles. The van der Waals surface area contributed by atoms with Crippen molar-refractivity contribution in [1.82, 2.24) is 0 Å². The van der Waals surface area contributed by atoms with Crippen LogP contribution in [-0.4, -0.2) is 12.2 Å². The largest absolute Gasteiger partial charge is 0.508 e. The van der Waals surface area contributed by atoms with Gasteiger partial charge in [0, 0.05) is 0 Å². The molecule has 0 spiro atoms. The van der Waals surface area contributed by atoms with E-state index >= 15 is 0 Å². The van der Waals surface area contributed by atoms with Crippen molar-refractivity contribution in [3.05, 3.63) is 67.5 Å². The van der Waals surface area contributed by atoms with Gasteiger partial charge in [-0.3, -0.25) is 0 Å². The molecule has 2 nitrogen and oxygen atoms in total. The SMILES string of the molecule is C=C/C=C\C(=C)OC.Oc1ccccc1. The Balaban J connectivity index is 0.000000262. The van der Waals surface area contributed by atoms with Gasteiger partial charge in [0.2, 0.25) is 0 Å². The van der Waals surface area contributed by atoms with E-state index in [-0.39, 0.29) is 0 Å². The summed E-state index contributed by atoms with van der Waals surface area (Å²) in [5.41, 5.74) is 0. The second kappa shape index (κ2) is 8.63. The lowest BCUT2D eigenvalue weighted by Crippen LogP contribution is -1.74. The van der Waals surface area contributed by atoms with Crippen LogP contribution < -0.4 is 0 Å². The fourth-order valence-corrected chi connectivity index (χ4v) is 0.671. The molecule has 0 aromatic heterocycles. The van der Waals surface area contributed by atoms with E-state index < -0.39 is 0 Å². The van der Waals surface area contributed by atoms with Crippen LogP contribution in [0, 0.1) is 0 Å². The highest BCUT2D eigenvalue weighted by Gasteiger charge is 1.75. The van der Waals surface area contributed by atoms with Crippen LogP contribution in [0.2, 0.25) is 0 Å². The Bertz CT molecular complexity index is 313. The summed E-state index contributed by atoms with van der Waals surface area (Å²) >= 11 is 0. The quantitative estimate of drug-likeness (QED) is 0.604. The summed E-state index contributed by atoms with van der Waals surface area (Å²) in [6.45, 7) is 7.04. The molecule has 0 saturated heterocycles. The predicted molar refractivity (Wildman–Crippen MR) is 63.6 cm³/mol. The number of aromatic hydroxyl groups is 1. The van der Waals surface area contributed by atoms with Crippen LogP contribution in [0.4, 0.5) is 0 Å². The maximum absolute atomic E-state index is 8.63. The fourth-order valence-electron chi connectivity index (χ4n) is 0.671. The number of hydrogen-bond donors (Lipinski definition) is 1. The maximum Gasteiger partial charge on any atom is 0.115 e. The zero-order valence-corrected chi connectivity index (χ0v) is 8.89. The number of allylic oxidation sites excluding steroid dienone is 3. The summed E-state index contributed by atoms with van der Waals surface area (Å²) in [4.78, 5) is 0. The van der Waals surface area contributed by atoms with Crippen molar-refractivity contribution >= 4 is 0 Å². The average Bonchev–Trinajstić information content (AvgIpc) is 2.28. The van der Waals surface area contributed by atoms with Crippen molar-refractivity contribution in [2.24, 2.45) is 0 Å². The third-order valence-corrected chi connectivity index (χ3v) is 1.44. The van der Waals surface area contributed by atoms with Gasteiger partial charge in [0.25, 0.3) is 0 Å². The van der Waals surface area contributed by atoms with E-state index in [0.29, 0.717) is 11.5 Å². The first-order valence-electron chi connectivity index (χ1n) is 4.46. The number of methoxy groups -OCH3 is 1. The molecule has 0 atom stereocenters. The Kier molecular flexibility index (Phi) is 7.50. The van der Waals surface area contributed by atoms with Crippen LogP contribution in [0.15, 0.2) is 67.5 Å². The molecule has 0 radical (unpaired) electrons. The second-order valence-corrected chi connectivity index (χ2v) is 2.60. The molecule has 0 aliphatic rings. The Hall–Kier alpha value is -1.96. The molecule has 0 unspecified atom stereocenters. The van der Waals surface area contributed by atoms with Crippen molar-refractivity contribution in [2.75, 3.05) is 7.11 Å². The third kappa shape index (κ3) is 8.37. The molecule has 15 heavy (non-hydrogen) atoms. The molecule has 1 rings (SSSR count). The molecular formula is C13H16O2. The van der Waals surface area contributed by atoms with Gasteiger partial charge >= 0.3 is 0 Å². The summed E-state index contributed by atoms with van der Waals surface area (Å²) in [7, 11) is 1.58. The first-order valence-corrected chi connectivity index (χ1v) is 4.46. The summed E-state index contributed by atoms with van der Waals surface area (Å²) in [5.74, 6) is 0.965. The zero-order valence-electron chi connectivity index (χ0n) is 8.89. The van der Waals surface area contributed by atoms with Crippen molar-refractivity contribution in [2.45, 2.75) is 0 Å². The molecule has 0 saturated carbocycles. The van der Waals surface area contributed by atoms with Crippen molar-refractivity contribution in [3.8, 4) is 5.75 Å². The lowest BCUT2D eigenvalue weighted by Gasteiger charge is -1.92. The lowest BCUT2D eigenvalue weighted by molar-refractivity contribution is 0.309. The molecule has 2 heteroatoms. The van der Waals surface area contributed by atoms with E-state index in [1.807, 2.05) is 6.07 Å². The van der Waals surface area contributed by atoms with Crippen LogP contribution >= 0.6 is 0 Å². The minimum Gasteiger partial charge on any atom is -0.508 e. The number of para-hydroxylation sites is 1. The van der Waals surface area contributed by atoms with Gasteiger partial charge in [0.1, 0.15) is 11.5 Å². The first-order chi connectivity index (χ1) is 7.20. The fraction of sp³-hybridized carbons (Fsp3) is 0.0769. The van der Waals surface area contributed by atoms with Gasteiger partial charge in [0.15, 0.2) is 0 Å². The van der Waals surface area contributed by atoms with Crippen LogP contribution in [-0.2, 0) is 4.74 Å². The number of ether oxygens (including phenoxy) is 1. The van der Waals surface area contributed by atoms with Crippen LogP contribution in [0.3, 0.4) is 0 Å². The topological polar surface area (TPSA) is 29.5 Å². The number of benzene rings is 1. The van der Waals surface area contributed by atoms with Crippen LogP contribution in [0.5, 0.6) is 5.75 Å². The van der Waals surface area contributed by atoms with E-state index in [2.05, 4.69) is 13.2 Å². The monoisotopic (exact) mass is 204 g/mol. The minimum atomic E-state index is 0.322. The zero-order chi connectivity index (χ0) is 11.5. The van der Waals surface area contributed by atoms with Crippen molar-refractivity contribution in [3.63, 3.8) is 0 Å². The van der Waals surface area contributed by atoms with Gasteiger partial charge in [-0.1, -0.05) is 43.5 Å². The summed E-state index contributed by atoms with van der Waals surface area (Å²) in [6, 6.07) is 8.71. The number of phenols is 1. The van der Waals surface area contributed by atoms with E-state index in [4.69, 9.17) is 9.84 Å². The Morgan fingerprint density at radius 3 is 2.27 bits per heavy atom. The highest BCUT2D eigenvalue weighted by Crippen LogP contribution is 2.02. The smallest absolute Gasteiger partial charge is 0.115 e. The highest BCUT2D eigenvalue weighted by atomic mass is 16.5. The van der Waals surface area contributed by atoms with E-state index in [0.717, 1.165) is 0 Å². The summed E-state index contributed by atoms with van der Waals surface area (Å²) in [5, 5.41) is 8.63. The van der Waals surface area contributed by atoms with Crippen LogP contribution in [0.25, 0.3) is 0 Å². The van der Waals surface area contributed by atoms with Gasteiger partial charge in [-0.05, 0) is 18.2 Å². The standard InChI is InChI=1S/C7H10O.C6H6O/c1-4-5-6-7(2)8-3;7-6-4-2-1-3-5-6/h4-6H,1-2H2,3H3;1-5,7H/b6-5-;. The van der Waals surface area contributed by atoms with Crippen LogP contribution in [0.1, 0.15) is 0 Å². The van der Waals surface area contributed by atoms with Gasteiger partial charge in [-0.25, -0.2) is 0 Å². The van der Waals surface area contributed by atoms with E-state index in [1.165, 1.54) is 0 Å². The average molecular weight is 204 g/mol. The van der Waals surface area contributed by atoms with Crippen molar-refractivity contribution in [1.29, 1.82) is 0 Å². The molecule has 1 aromatic carbocycles. The molecule has 1 N–H and O–H groups in total.